The highest BCUT2D eigenvalue weighted by Gasteiger charge is 2.32. The Hall–Kier alpha value is -3.01. The molecule has 1 atom stereocenters. The van der Waals surface area contributed by atoms with Crippen molar-refractivity contribution in [3.05, 3.63) is 76.6 Å². The molecular weight excluding hydrogens is 416 g/mol. The summed E-state index contributed by atoms with van der Waals surface area (Å²) in [6.45, 7) is 2.57. The van der Waals surface area contributed by atoms with Crippen LogP contribution in [0.4, 0.5) is 0 Å². The number of fused-ring (bicyclic) bond motifs is 1. The lowest BCUT2D eigenvalue weighted by Crippen LogP contribution is -2.51. The van der Waals surface area contributed by atoms with Crippen molar-refractivity contribution in [3.8, 4) is 0 Å². The van der Waals surface area contributed by atoms with Crippen LogP contribution in [-0.2, 0) is 14.8 Å². The molecule has 1 amide bonds. The highest BCUT2D eigenvalue weighted by molar-refractivity contribution is 7.89. The van der Waals surface area contributed by atoms with E-state index in [9.17, 15) is 18.0 Å². The number of amides is 1. The smallest absolute Gasteiger partial charge is 0.248 e. The van der Waals surface area contributed by atoms with Crippen LogP contribution in [0.25, 0.3) is 10.9 Å². The number of carbonyl (C=O) groups is 1. The standard InChI is InChI=1S/C22H24N4O4S/c1-25-11-13-26(14-12-25)22(28)21(16-5-3-2-4-6-16)24-31(29,30)18-8-9-19-17(15-18)7-10-20(27)23-19/h2-10,15,21,24H,11-14H2,1H3,(H,23,27). The second-order valence-electron chi connectivity index (χ2n) is 7.67. The molecule has 1 aliphatic rings. The summed E-state index contributed by atoms with van der Waals surface area (Å²) in [5.41, 5.74) is 0.864. The summed E-state index contributed by atoms with van der Waals surface area (Å²) < 4.78 is 29.0. The van der Waals surface area contributed by atoms with Crippen molar-refractivity contribution in [2.45, 2.75) is 10.9 Å². The van der Waals surface area contributed by atoms with Gasteiger partial charge in [0, 0.05) is 37.8 Å². The summed E-state index contributed by atoms with van der Waals surface area (Å²) in [7, 11) is -2.01. The second-order valence-corrected chi connectivity index (χ2v) is 9.38. The molecule has 1 saturated heterocycles. The van der Waals surface area contributed by atoms with Gasteiger partial charge in [-0.3, -0.25) is 9.59 Å². The van der Waals surface area contributed by atoms with Crippen LogP contribution >= 0.6 is 0 Å². The number of rotatable bonds is 5. The number of aromatic amines is 1. The van der Waals surface area contributed by atoms with E-state index in [-0.39, 0.29) is 16.4 Å². The van der Waals surface area contributed by atoms with Crippen molar-refractivity contribution in [2.75, 3.05) is 33.2 Å². The van der Waals surface area contributed by atoms with E-state index in [1.807, 2.05) is 13.1 Å². The summed E-state index contributed by atoms with van der Waals surface area (Å²) in [4.78, 5) is 31.3. The third kappa shape index (κ3) is 4.68. The van der Waals surface area contributed by atoms with Crippen LogP contribution in [0.1, 0.15) is 11.6 Å². The third-order valence-corrected chi connectivity index (χ3v) is 6.89. The van der Waals surface area contributed by atoms with E-state index in [1.165, 1.54) is 18.2 Å². The fraction of sp³-hybridized carbons (Fsp3) is 0.273. The minimum atomic E-state index is -4.00. The molecule has 8 nitrogen and oxygen atoms in total. The number of nitrogens with one attached hydrogen (secondary N) is 2. The Labute approximate surface area is 180 Å². The molecule has 31 heavy (non-hydrogen) atoms. The van der Waals surface area contributed by atoms with Crippen LogP contribution in [0, 0.1) is 0 Å². The number of pyridine rings is 1. The maximum Gasteiger partial charge on any atom is 0.248 e. The summed E-state index contributed by atoms with van der Waals surface area (Å²) in [6, 6.07) is 15.2. The SMILES string of the molecule is CN1CCN(C(=O)C(NS(=O)(=O)c2ccc3[nH]c(=O)ccc3c2)c2ccccc2)CC1. The number of piperazine rings is 1. The number of aromatic nitrogens is 1. The number of benzene rings is 2. The molecule has 1 fully saturated rings. The summed E-state index contributed by atoms with van der Waals surface area (Å²) >= 11 is 0. The molecular formula is C22H24N4O4S. The first-order chi connectivity index (χ1) is 14.8. The van der Waals surface area contributed by atoms with Crippen LogP contribution < -0.4 is 10.3 Å². The molecule has 1 aromatic heterocycles. The number of sulfonamides is 1. The van der Waals surface area contributed by atoms with E-state index in [4.69, 9.17) is 0 Å². The Morgan fingerprint density at radius 2 is 1.71 bits per heavy atom. The highest BCUT2D eigenvalue weighted by atomic mass is 32.2. The van der Waals surface area contributed by atoms with E-state index in [2.05, 4.69) is 14.6 Å². The first-order valence-electron chi connectivity index (χ1n) is 10.0. The van der Waals surface area contributed by atoms with Crippen LogP contribution in [0.2, 0.25) is 0 Å². The molecule has 0 aliphatic carbocycles. The zero-order chi connectivity index (χ0) is 22.0. The van der Waals surface area contributed by atoms with Crippen molar-refractivity contribution in [1.82, 2.24) is 19.5 Å². The Balaban J connectivity index is 1.66. The van der Waals surface area contributed by atoms with Gasteiger partial charge in [0.05, 0.1) is 4.90 Å². The van der Waals surface area contributed by atoms with Gasteiger partial charge in [0.1, 0.15) is 6.04 Å². The molecule has 3 aromatic rings. The molecule has 0 saturated carbocycles. The molecule has 1 aliphatic heterocycles. The highest BCUT2D eigenvalue weighted by Crippen LogP contribution is 2.22. The van der Waals surface area contributed by atoms with Crippen LogP contribution in [0.3, 0.4) is 0 Å². The average molecular weight is 441 g/mol. The summed E-state index contributed by atoms with van der Waals surface area (Å²) in [6.07, 6.45) is 0. The fourth-order valence-corrected chi connectivity index (χ4v) is 4.85. The molecule has 0 radical (unpaired) electrons. The van der Waals surface area contributed by atoms with Crippen molar-refractivity contribution in [3.63, 3.8) is 0 Å². The van der Waals surface area contributed by atoms with Gasteiger partial charge in [0.15, 0.2) is 0 Å². The number of hydrogen-bond donors (Lipinski definition) is 2. The van der Waals surface area contributed by atoms with Gasteiger partial charge < -0.3 is 14.8 Å². The van der Waals surface area contributed by atoms with E-state index in [0.717, 1.165) is 13.1 Å². The largest absolute Gasteiger partial charge is 0.338 e. The monoisotopic (exact) mass is 440 g/mol. The van der Waals surface area contributed by atoms with Crippen molar-refractivity contribution in [1.29, 1.82) is 0 Å². The molecule has 1 unspecified atom stereocenters. The lowest BCUT2D eigenvalue weighted by atomic mass is 10.1. The van der Waals surface area contributed by atoms with Crippen LogP contribution in [0.5, 0.6) is 0 Å². The second kappa shape index (κ2) is 8.62. The normalized spacial score (nSPS) is 16.4. The van der Waals surface area contributed by atoms with E-state index in [0.29, 0.717) is 29.6 Å². The summed E-state index contributed by atoms with van der Waals surface area (Å²) in [5, 5.41) is 0.587. The number of likely N-dealkylation sites (N-methyl/N-ethyl adjacent to an activating group) is 1. The topological polar surface area (TPSA) is 103 Å². The lowest BCUT2D eigenvalue weighted by Gasteiger charge is -2.34. The molecule has 162 valence electrons. The van der Waals surface area contributed by atoms with E-state index >= 15 is 0 Å². The Morgan fingerprint density at radius 3 is 2.42 bits per heavy atom. The molecule has 2 heterocycles. The van der Waals surface area contributed by atoms with E-state index < -0.39 is 16.1 Å². The minimum absolute atomic E-state index is 0.0270. The zero-order valence-corrected chi connectivity index (χ0v) is 17.9. The van der Waals surface area contributed by atoms with Crippen LogP contribution in [0.15, 0.2) is 70.4 Å². The average Bonchev–Trinajstić information content (AvgIpc) is 2.77. The molecule has 9 heteroatoms. The Kier molecular flexibility index (Phi) is 5.90. The minimum Gasteiger partial charge on any atom is -0.338 e. The van der Waals surface area contributed by atoms with Crippen molar-refractivity contribution >= 4 is 26.8 Å². The quantitative estimate of drug-likeness (QED) is 0.623. The molecule has 0 spiro atoms. The molecule has 2 aromatic carbocycles. The molecule has 0 bridgehead atoms. The first-order valence-corrected chi connectivity index (χ1v) is 11.5. The predicted molar refractivity (Wildman–Crippen MR) is 118 cm³/mol. The van der Waals surface area contributed by atoms with Crippen molar-refractivity contribution in [2.24, 2.45) is 0 Å². The van der Waals surface area contributed by atoms with Gasteiger partial charge in [0.25, 0.3) is 0 Å². The van der Waals surface area contributed by atoms with Gasteiger partial charge in [-0.25, -0.2) is 8.42 Å². The first kappa shape index (κ1) is 21.2. The molecule has 4 rings (SSSR count). The Bertz CT molecular complexity index is 1250. The summed E-state index contributed by atoms with van der Waals surface area (Å²) in [5.74, 6) is -0.270. The van der Waals surface area contributed by atoms with Gasteiger partial charge in [-0.15, -0.1) is 0 Å². The lowest BCUT2D eigenvalue weighted by molar-refractivity contribution is -0.134. The third-order valence-electron chi connectivity index (χ3n) is 5.47. The number of carbonyl (C=O) groups excluding carboxylic acids is 1. The Morgan fingerprint density at radius 1 is 1.00 bits per heavy atom. The molecule has 2 N–H and O–H groups in total. The van der Waals surface area contributed by atoms with Gasteiger partial charge >= 0.3 is 0 Å². The van der Waals surface area contributed by atoms with Gasteiger partial charge in [-0.05, 0) is 42.3 Å². The van der Waals surface area contributed by atoms with Gasteiger partial charge in [0.2, 0.25) is 21.5 Å². The number of hydrogen-bond acceptors (Lipinski definition) is 5. The predicted octanol–water partition coefficient (Wildman–Crippen LogP) is 1.32. The van der Waals surface area contributed by atoms with Gasteiger partial charge in [-0.1, -0.05) is 30.3 Å². The van der Waals surface area contributed by atoms with Crippen molar-refractivity contribution < 1.29 is 13.2 Å². The van der Waals surface area contributed by atoms with E-state index in [1.54, 1.807) is 41.3 Å². The maximum absolute atomic E-state index is 13.3. The van der Waals surface area contributed by atoms with Crippen LogP contribution in [-0.4, -0.2) is 62.3 Å². The number of nitrogens with zero attached hydrogens (tertiary/aromatic N) is 2. The zero-order valence-electron chi connectivity index (χ0n) is 17.1. The number of H-pyrrole nitrogens is 1. The fourth-order valence-electron chi connectivity index (χ4n) is 3.64. The maximum atomic E-state index is 13.3. The van der Waals surface area contributed by atoms with Gasteiger partial charge in [-0.2, -0.15) is 4.72 Å².